The molecule has 0 unspecified atom stereocenters. The van der Waals surface area contributed by atoms with Crippen LogP contribution in [0.4, 0.5) is 0 Å². The van der Waals surface area contributed by atoms with Crippen molar-refractivity contribution in [1.82, 2.24) is 0 Å². The smallest absolute Gasteiger partial charge is 0.171 e. The summed E-state index contributed by atoms with van der Waals surface area (Å²) < 4.78 is 5.80. The third-order valence-electron chi connectivity index (χ3n) is 2.78. The van der Waals surface area contributed by atoms with Crippen LogP contribution in [0.25, 0.3) is 0 Å². The summed E-state index contributed by atoms with van der Waals surface area (Å²) in [4.78, 5) is 12.4. The second kappa shape index (κ2) is 5.27. The molecule has 0 bridgehead atoms. The van der Waals surface area contributed by atoms with Crippen molar-refractivity contribution in [3.63, 3.8) is 0 Å². The van der Waals surface area contributed by atoms with E-state index in [2.05, 4.69) is 0 Å². The molecule has 0 aliphatic heterocycles. The molecule has 2 aromatic rings. The topological polar surface area (TPSA) is 26.3 Å². The molecule has 98 valence electrons. The maximum atomic E-state index is 12.4. The lowest BCUT2D eigenvalue weighted by atomic mass is 9.86. The average Bonchev–Trinajstić information content (AvgIpc) is 2.39. The molecule has 2 aromatic carbocycles. The van der Waals surface area contributed by atoms with Crippen LogP contribution in [0.3, 0.4) is 0 Å². The summed E-state index contributed by atoms with van der Waals surface area (Å²) in [7, 11) is 0. The highest BCUT2D eigenvalue weighted by Crippen LogP contribution is 2.30. The van der Waals surface area contributed by atoms with Crippen LogP contribution in [-0.4, -0.2) is 5.78 Å². The zero-order chi connectivity index (χ0) is 13.9. The molecule has 0 fully saturated rings. The zero-order valence-electron chi connectivity index (χ0n) is 11.5. The fourth-order valence-corrected chi connectivity index (χ4v) is 1.76. The minimum Gasteiger partial charge on any atom is -0.457 e. The Morgan fingerprint density at radius 1 is 0.895 bits per heavy atom. The van der Waals surface area contributed by atoms with E-state index in [1.54, 1.807) is 0 Å². The fourth-order valence-electron chi connectivity index (χ4n) is 1.76. The first-order valence-corrected chi connectivity index (χ1v) is 6.35. The second-order valence-electron chi connectivity index (χ2n) is 5.49. The van der Waals surface area contributed by atoms with Crippen LogP contribution in [0.5, 0.6) is 11.5 Å². The van der Waals surface area contributed by atoms with E-state index in [0.717, 1.165) is 5.75 Å². The maximum absolute atomic E-state index is 12.4. The van der Waals surface area contributed by atoms with Gasteiger partial charge in [-0.2, -0.15) is 0 Å². The number of rotatable bonds is 3. The van der Waals surface area contributed by atoms with Gasteiger partial charge >= 0.3 is 0 Å². The number of carbonyl (C=O) groups excluding carboxylic acids is 1. The molecule has 0 saturated carbocycles. The van der Waals surface area contributed by atoms with Gasteiger partial charge in [0.1, 0.15) is 11.5 Å². The van der Waals surface area contributed by atoms with E-state index in [9.17, 15) is 4.79 Å². The molecule has 0 saturated heterocycles. The van der Waals surface area contributed by atoms with Crippen LogP contribution in [0.1, 0.15) is 31.1 Å². The van der Waals surface area contributed by atoms with Gasteiger partial charge in [-0.3, -0.25) is 4.79 Å². The summed E-state index contributed by atoms with van der Waals surface area (Å²) >= 11 is 0. The van der Waals surface area contributed by atoms with Crippen molar-refractivity contribution in [2.45, 2.75) is 20.8 Å². The molecule has 2 heteroatoms. The van der Waals surface area contributed by atoms with E-state index >= 15 is 0 Å². The van der Waals surface area contributed by atoms with Gasteiger partial charge in [0, 0.05) is 5.41 Å². The Balaban J connectivity index is 2.35. The average molecular weight is 254 g/mol. The van der Waals surface area contributed by atoms with Gasteiger partial charge in [-0.1, -0.05) is 51.1 Å². The van der Waals surface area contributed by atoms with E-state index in [0.29, 0.717) is 11.3 Å². The Hall–Kier alpha value is -2.09. The summed E-state index contributed by atoms with van der Waals surface area (Å²) in [6, 6.07) is 16.9. The maximum Gasteiger partial charge on any atom is 0.171 e. The highest BCUT2D eigenvalue weighted by Gasteiger charge is 2.25. The van der Waals surface area contributed by atoms with Crippen molar-refractivity contribution in [3.8, 4) is 11.5 Å². The number of carbonyl (C=O) groups is 1. The standard InChI is InChI=1S/C17H18O2/c1-17(2,3)16(18)14-11-7-8-12-15(14)19-13-9-5-4-6-10-13/h4-12H,1-3H3. The second-order valence-corrected chi connectivity index (χ2v) is 5.49. The molecule has 2 nitrogen and oxygen atoms in total. The monoisotopic (exact) mass is 254 g/mol. The quantitative estimate of drug-likeness (QED) is 0.741. The Labute approximate surface area is 114 Å². The number of benzene rings is 2. The number of ketones is 1. The molecule has 0 aliphatic rings. The van der Waals surface area contributed by atoms with Crippen molar-refractivity contribution in [3.05, 3.63) is 60.2 Å². The Bertz CT molecular complexity index is 565. The van der Waals surface area contributed by atoms with Gasteiger partial charge in [-0.25, -0.2) is 0 Å². The highest BCUT2D eigenvalue weighted by atomic mass is 16.5. The van der Waals surface area contributed by atoms with Crippen LogP contribution < -0.4 is 4.74 Å². The minimum atomic E-state index is -0.420. The number of hydrogen-bond acceptors (Lipinski definition) is 2. The predicted octanol–water partition coefficient (Wildman–Crippen LogP) is 4.71. The molecule has 0 aliphatic carbocycles. The molecular formula is C17H18O2. The SMILES string of the molecule is CC(C)(C)C(=O)c1ccccc1Oc1ccccc1. The number of para-hydroxylation sites is 2. The largest absolute Gasteiger partial charge is 0.457 e. The molecular weight excluding hydrogens is 236 g/mol. The number of Topliss-reactive ketones (excluding diaryl/α,β-unsaturated/α-hetero) is 1. The molecule has 0 aromatic heterocycles. The molecule has 0 amide bonds. The van der Waals surface area contributed by atoms with Gasteiger partial charge in [0.05, 0.1) is 5.56 Å². The first-order valence-electron chi connectivity index (χ1n) is 6.35. The summed E-state index contributed by atoms with van der Waals surface area (Å²) in [5.74, 6) is 1.42. The molecule has 0 radical (unpaired) electrons. The van der Waals surface area contributed by atoms with Gasteiger partial charge in [-0.05, 0) is 24.3 Å². The lowest BCUT2D eigenvalue weighted by Gasteiger charge is -2.19. The third-order valence-corrected chi connectivity index (χ3v) is 2.78. The van der Waals surface area contributed by atoms with Gasteiger partial charge in [-0.15, -0.1) is 0 Å². The molecule has 19 heavy (non-hydrogen) atoms. The van der Waals surface area contributed by atoms with E-state index in [-0.39, 0.29) is 5.78 Å². The van der Waals surface area contributed by atoms with E-state index < -0.39 is 5.41 Å². The Morgan fingerprint density at radius 3 is 2.11 bits per heavy atom. The zero-order valence-corrected chi connectivity index (χ0v) is 11.5. The molecule has 0 spiro atoms. The van der Waals surface area contributed by atoms with Crippen molar-refractivity contribution in [2.75, 3.05) is 0 Å². The Kier molecular flexibility index (Phi) is 3.70. The summed E-state index contributed by atoms with van der Waals surface area (Å²) in [5, 5.41) is 0. The van der Waals surface area contributed by atoms with Crippen LogP contribution in [-0.2, 0) is 0 Å². The third kappa shape index (κ3) is 3.22. The number of hydrogen-bond donors (Lipinski definition) is 0. The van der Waals surface area contributed by atoms with Crippen LogP contribution >= 0.6 is 0 Å². The van der Waals surface area contributed by atoms with Crippen molar-refractivity contribution < 1.29 is 9.53 Å². The first-order chi connectivity index (χ1) is 8.98. The lowest BCUT2D eigenvalue weighted by Crippen LogP contribution is -2.20. The summed E-state index contributed by atoms with van der Waals surface area (Å²) in [6.45, 7) is 5.73. The van der Waals surface area contributed by atoms with Gasteiger partial charge in [0.25, 0.3) is 0 Å². The van der Waals surface area contributed by atoms with E-state index in [4.69, 9.17) is 4.74 Å². The van der Waals surface area contributed by atoms with Crippen LogP contribution in [0.15, 0.2) is 54.6 Å². The molecule has 2 rings (SSSR count). The van der Waals surface area contributed by atoms with Crippen LogP contribution in [0, 0.1) is 5.41 Å². The van der Waals surface area contributed by atoms with Crippen LogP contribution in [0.2, 0.25) is 0 Å². The van der Waals surface area contributed by atoms with Gasteiger partial charge in [0.2, 0.25) is 0 Å². The van der Waals surface area contributed by atoms with Gasteiger partial charge < -0.3 is 4.74 Å². The fraction of sp³-hybridized carbons (Fsp3) is 0.235. The minimum absolute atomic E-state index is 0.0824. The predicted molar refractivity (Wildman–Crippen MR) is 76.7 cm³/mol. The molecule has 0 heterocycles. The van der Waals surface area contributed by atoms with E-state index in [1.165, 1.54) is 0 Å². The lowest BCUT2D eigenvalue weighted by molar-refractivity contribution is 0.0856. The Morgan fingerprint density at radius 2 is 1.47 bits per heavy atom. The first kappa shape index (κ1) is 13.3. The molecule has 0 N–H and O–H groups in total. The van der Waals surface area contributed by atoms with Gasteiger partial charge in [0.15, 0.2) is 5.78 Å². The summed E-state index contributed by atoms with van der Waals surface area (Å²) in [5.41, 5.74) is 0.203. The van der Waals surface area contributed by atoms with Crippen molar-refractivity contribution in [2.24, 2.45) is 5.41 Å². The van der Waals surface area contributed by atoms with E-state index in [1.807, 2.05) is 75.4 Å². The van der Waals surface area contributed by atoms with Crippen molar-refractivity contribution >= 4 is 5.78 Å². The number of ether oxygens (including phenoxy) is 1. The normalized spacial score (nSPS) is 11.1. The molecule has 0 atom stereocenters. The highest BCUT2D eigenvalue weighted by molar-refractivity contribution is 6.02. The van der Waals surface area contributed by atoms with Crippen molar-refractivity contribution in [1.29, 1.82) is 0 Å². The summed E-state index contributed by atoms with van der Waals surface area (Å²) in [6.07, 6.45) is 0.